The molecule has 1 aromatic carbocycles. The number of rotatable bonds is 6. The molecule has 0 aromatic heterocycles. The van der Waals surface area contributed by atoms with E-state index in [0.717, 1.165) is 5.56 Å². The molecule has 110 valence electrons. The minimum Gasteiger partial charge on any atom is -0.409 e. The predicted octanol–water partition coefficient (Wildman–Crippen LogP) is 1.85. The van der Waals surface area contributed by atoms with Crippen molar-refractivity contribution in [2.75, 3.05) is 6.54 Å². The lowest BCUT2D eigenvalue weighted by molar-refractivity contribution is -0.134. The Morgan fingerprint density at radius 3 is 2.40 bits per heavy atom. The average molecular weight is 277 g/mol. The van der Waals surface area contributed by atoms with Crippen LogP contribution in [-0.4, -0.2) is 34.4 Å². The van der Waals surface area contributed by atoms with Crippen LogP contribution in [0.3, 0.4) is 0 Å². The van der Waals surface area contributed by atoms with Crippen LogP contribution in [0.5, 0.6) is 0 Å². The molecule has 0 saturated heterocycles. The molecule has 1 amide bonds. The van der Waals surface area contributed by atoms with Crippen LogP contribution in [0.4, 0.5) is 0 Å². The number of amidine groups is 1. The van der Waals surface area contributed by atoms with Crippen molar-refractivity contribution in [1.82, 2.24) is 4.90 Å². The van der Waals surface area contributed by atoms with Gasteiger partial charge in [0.05, 0.1) is 0 Å². The molecular formula is C15H23N3O2. The van der Waals surface area contributed by atoms with Crippen molar-refractivity contribution in [3.63, 3.8) is 0 Å². The zero-order valence-electron chi connectivity index (χ0n) is 12.3. The van der Waals surface area contributed by atoms with Gasteiger partial charge in [-0.05, 0) is 32.8 Å². The molecule has 0 spiro atoms. The zero-order chi connectivity index (χ0) is 15.1. The number of nitrogens with zero attached hydrogens (tertiary/aromatic N) is 2. The van der Waals surface area contributed by atoms with Gasteiger partial charge in [0.2, 0.25) is 5.91 Å². The van der Waals surface area contributed by atoms with Crippen LogP contribution in [-0.2, 0) is 11.2 Å². The second-order valence-corrected chi connectivity index (χ2v) is 4.99. The monoisotopic (exact) mass is 277 g/mol. The molecule has 0 fully saturated rings. The van der Waals surface area contributed by atoms with Gasteiger partial charge in [-0.3, -0.25) is 4.79 Å². The van der Waals surface area contributed by atoms with Crippen molar-refractivity contribution in [1.29, 1.82) is 0 Å². The Bertz CT molecular complexity index is 457. The molecule has 0 aliphatic carbocycles. The van der Waals surface area contributed by atoms with Gasteiger partial charge >= 0.3 is 0 Å². The fourth-order valence-electron chi connectivity index (χ4n) is 2.21. The molecule has 5 heteroatoms. The molecule has 0 bridgehead atoms. The maximum absolute atomic E-state index is 12.6. The average Bonchev–Trinajstić information content (AvgIpc) is 2.45. The maximum atomic E-state index is 12.6. The summed E-state index contributed by atoms with van der Waals surface area (Å²) in [4.78, 5) is 14.3. The summed E-state index contributed by atoms with van der Waals surface area (Å²) in [5.74, 6) is -0.788. The second kappa shape index (κ2) is 7.53. The van der Waals surface area contributed by atoms with Crippen LogP contribution in [0.2, 0.25) is 0 Å². The lowest BCUT2D eigenvalue weighted by atomic mass is 9.96. The number of hydrogen-bond acceptors (Lipinski definition) is 3. The topological polar surface area (TPSA) is 78.9 Å². The van der Waals surface area contributed by atoms with Crippen LogP contribution in [0.25, 0.3) is 0 Å². The molecule has 0 heterocycles. The summed E-state index contributed by atoms with van der Waals surface area (Å²) in [6.45, 7) is 6.42. The highest BCUT2D eigenvalue weighted by Gasteiger charge is 2.28. The first-order chi connectivity index (χ1) is 9.51. The van der Waals surface area contributed by atoms with E-state index in [1.54, 1.807) is 4.90 Å². The molecule has 1 unspecified atom stereocenters. The Labute approximate surface area is 120 Å². The minimum atomic E-state index is -0.634. The zero-order valence-corrected chi connectivity index (χ0v) is 12.3. The van der Waals surface area contributed by atoms with E-state index >= 15 is 0 Å². The maximum Gasteiger partial charge on any atom is 0.233 e. The molecule has 3 N–H and O–H groups in total. The summed E-state index contributed by atoms with van der Waals surface area (Å²) in [7, 11) is 0. The molecule has 1 atom stereocenters. The van der Waals surface area contributed by atoms with Crippen LogP contribution >= 0.6 is 0 Å². The van der Waals surface area contributed by atoms with Crippen molar-refractivity contribution >= 4 is 11.7 Å². The van der Waals surface area contributed by atoms with Crippen molar-refractivity contribution in [2.24, 2.45) is 16.8 Å². The third-order valence-electron chi connectivity index (χ3n) is 3.30. The standard InChI is InChI=1S/C15H23N3O2/c1-4-18(11(2)3)15(19)13(14(16)17-20)10-12-8-6-5-7-9-12/h5-9,11,13,20H,4,10H2,1-3H3,(H2,16,17). The van der Waals surface area contributed by atoms with Gasteiger partial charge in [0.1, 0.15) is 5.92 Å². The summed E-state index contributed by atoms with van der Waals surface area (Å²) >= 11 is 0. The number of nitrogens with two attached hydrogens (primary N) is 1. The van der Waals surface area contributed by atoms with Gasteiger partial charge in [0.15, 0.2) is 5.84 Å². The molecule has 5 nitrogen and oxygen atoms in total. The van der Waals surface area contributed by atoms with E-state index in [1.165, 1.54) is 0 Å². The Morgan fingerprint density at radius 2 is 1.95 bits per heavy atom. The van der Waals surface area contributed by atoms with Crippen LogP contribution in [0, 0.1) is 5.92 Å². The number of carbonyl (C=O) groups excluding carboxylic acids is 1. The predicted molar refractivity (Wildman–Crippen MR) is 79.6 cm³/mol. The van der Waals surface area contributed by atoms with Crippen molar-refractivity contribution in [2.45, 2.75) is 33.2 Å². The SMILES string of the molecule is CCN(C(=O)C(Cc1ccccc1)C(N)=NO)C(C)C. The van der Waals surface area contributed by atoms with Gasteiger partial charge in [0.25, 0.3) is 0 Å². The van der Waals surface area contributed by atoms with Crippen molar-refractivity contribution < 1.29 is 10.0 Å². The fraction of sp³-hybridized carbons (Fsp3) is 0.467. The lowest BCUT2D eigenvalue weighted by Gasteiger charge is -2.29. The summed E-state index contributed by atoms with van der Waals surface area (Å²) in [5, 5.41) is 11.9. The normalized spacial score (nSPS) is 13.3. The molecule has 1 aromatic rings. The van der Waals surface area contributed by atoms with E-state index in [-0.39, 0.29) is 17.8 Å². The quantitative estimate of drug-likeness (QED) is 0.360. The molecule has 20 heavy (non-hydrogen) atoms. The van der Waals surface area contributed by atoms with E-state index < -0.39 is 5.92 Å². The number of benzene rings is 1. The van der Waals surface area contributed by atoms with E-state index in [4.69, 9.17) is 10.9 Å². The summed E-state index contributed by atoms with van der Waals surface area (Å²) in [5.41, 5.74) is 6.69. The number of hydrogen-bond donors (Lipinski definition) is 2. The van der Waals surface area contributed by atoms with E-state index in [9.17, 15) is 4.79 Å². The molecule has 1 rings (SSSR count). The van der Waals surface area contributed by atoms with Crippen molar-refractivity contribution in [3.8, 4) is 0 Å². The fourth-order valence-corrected chi connectivity index (χ4v) is 2.21. The smallest absolute Gasteiger partial charge is 0.233 e. The second-order valence-electron chi connectivity index (χ2n) is 4.99. The van der Waals surface area contributed by atoms with Gasteiger partial charge < -0.3 is 15.8 Å². The number of amides is 1. The summed E-state index contributed by atoms with van der Waals surface area (Å²) in [6.07, 6.45) is 0.429. The van der Waals surface area contributed by atoms with E-state index in [2.05, 4.69) is 5.16 Å². The van der Waals surface area contributed by atoms with Crippen LogP contribution < -0.4 is 5.73 Å². The highest BCUT2D eigenvalue weighted by molar-refractivity contribution is 6.02. The molecule has 0 saturated carbocycles. The highest BCUT2D eigenvalue weighted by Crippen LogP contribution is 2.14. The Balaban J connectivity index is 2.98. The summed E-state index contributed by atoms with van der Waals surface area (Å²) < 4.78 is 0. The van der Waals surface area contributed by atoms with E-state index in [1.807, 2.05) is 51.1 Å². The van der Waals surface area contributed by atoms with E-state index in [0.29, 0.717) is 13.0 Å². The largest absolute Gasteiger partial charge is 0.409 e. The first-order valence-corrected chi connectivity index (χ1v) is 6.83. The molecule has 0 aliphatic rings. The van der Waals surface area contributed by atoms with Gasteiger partial charge in [-0.25, -0.2) is 0 Å². The lowest BCUT2D eigenvalue weighted by Crippen LogP contribution is -2.45. The molecule has 0 aliphatic heterocycles. The van der Waals surface area contributed by atoms with Crippen molar-refractivity contribution in [3.05, 3.63) is 35.9 Å². The van der Waals surface area contributed by atoms with Crippen LogP contribution in [0.1, 0.15) is 26.3 Å². The van der Waals surface area contributed by atoms with Crippen LogP contribution in [0.15, 0.2) is 35.5 Å². The Morgan fingerprint density at radius 1 is 1.35 bits per heavy atom. The first kappa shape index (κ1) is 16.0. The molecular weight excluding hydrogens is 254 g/mol. The van der Waals surface area contributed by atoms with Gasteiger partial charge in [0, 0.05) is 12.6 Å². The Hall–Kier alpha value is -2.04. The number of oxime groups is 1. The first-order valence-electron chi connectivity index (χ1n) is 6.83. The van der Waals surface area contributed by atoms with Gasteiger partial charge in [-0.15, -0.1) is 0 Å². The van der Waals surface area contributed by atoms with Gasteiger partial charge in [-0.1, -0.05) is 35.5 Å². The van der Waals surface area contributed by atoms with Gasteiger partial charge in [-0.2, -0.15) is 0 Å². The minimum absolute atomic E-state index is 0.0436. The number of carbonyl (C=O) groups is 1. The summed E-state index contributed by atoms with van der Waals surface area (Å²) in [6, 6.07) is 9.66. The molecule has 0 radical (unpaired) electrons. The third kappa shape index (κ3) is 3.98. The third-order valence-corrected chi connectivity index (χ3v) is 3.30. The highest BCUT2D eigenvalue weighted by atomic mass is 16.4. The Kier molecular flexibility index (Phi) is 6.03.